The van der Waals surface area contributed by atoms with Crippen LogP contribution in [0.15, 0.2) is 47.5 Å². The quantitative estimate of drug-likeness (QED) is 0.415. The molecule has 0 aliphatic heterocycles. The van der Waals surface area contributed by atoms with Gasteiger partial charge < -0.3 is 5.11 Å². The van der Waals surface area contributed by atoms with Gasteiger partial charge in [0.15, 0.2) is 0 Å². The molecule has 1 aliphatic carbocycles. The van der Waals surface area contributed by atoms with Crippen LogP contribution >= 0.6 is 18.6 Å². The minimum atomic E-state index is -0.556. The van der Waals surface area contributed by atoms with E-state index in [4.69, 9.17) is 18.6 Å². The minimum absolute atomic E-state index is 0.172. The Morgan fingerprint density at radius 2 is 1.73 bits per heavy atom. The first-order valence-corrected chi connectivity index (χ1v) is 12.9. The van der Waals surface area contributed by atoms with Crippen molar-refractivity contribution in [3.63, 3.8) is 0 Å². The molecule has 2 aromatic carbocycles. The summed E-state index contributed by atoms with van der Waals surface area (Å²) in [7, 11) is 9.78. The Hall–Kier alpha value is -0.866. The van der Waals surface area contributed by atoms with Gasteiger partial charge in [0.1, 0.15) is 11.6 Å². The molecule has 0 spiro atoms. The monoisotopic (exact) mass is 429 g/mol. The zero-order valence-electron chi connectivity index (χ0n) is 14.6. The second-order valence-electron chi connectivity index (χ2n) is 6.55. The van der Waals surface area contributed by atoms with Crippen molar-refractivity contribution >= 4 is 30.5 Å². The van der Waals surface area contributed by atoms with Gasteiger partial charge in [-0.05, 0) is 48.9 Å². The fourth-order valence-corrected chi connectivity index (χ4v) is 3.28. The number of hydrogen-bond donors (Lipinski definition) is 1. The van der Waals surface area contributed by atoms with Crippen LogP contribution in [0.5, 0.6) is 5.75 Å². The van der Waals surface area contributed by atoms with Gasteiger partial charge in [-0.3, -0.25) is 4.99 Å². The number of halogens is 3. The average molecular weight is 430 g/mol. The first kappa shape index (κ1) is 21.4. The van der Waals surface area contributed by atoms with E-state index in [1.54, 1.807) is 6.21 Å². The van der Waals surface area contributed by atoms with Crippen molar-refractivity contribution in [2.24, 2.45) is 10.9 Å². The van der Waals surface area contributed by atoms with Gasteiger partial charge in [0.05, 0.1) is 5.69 Å². The number of benzene rings is 2. The van der Waals surface area contributed by atoms with Crippen LogP contribution in [0.1, 0.15) is 49.7 Å². The van der Waals surface area contributed by atoms with Gasteiger partial charge in [-0.2, -0.15) is 0 Å². The molecule has 0 amide bonds. The van der Waals surface area contributed by atoms with Crippen LogP contribution in [0.2, 0.25) is 0 Å². The second-order valence-corrected chi connectivity index (χ2v) is 9.13. The molecule has 1 fully saturated rings. The molecule has 2 aromatic rings. The first-order valence-electron chi connectivity index (χ1n) is 8.63. The number of rotatable bonds is 3. The molecule has 0 heterocycles. The van der Waals surface area contributed by atoms with Gasteiger partial charge >= 0.3 is 35.6 Å². The van der Waals surface area contributed by atoms with Crippen LogP contribution < -0.4 is 0 Å². The van der Waals surface area contributed by atoms with Crippen LogP contribution in [0.3, 0.4) is 0 Å². The van der Waals surface area contributed by atoms with Crippen LogP contribution in [-0.2, 0) is 17.0 Å². The fourth-order valence-electron chi connectivity index (χ4n) is 3.28. The van der Waals surface area contributed by atoms with Gasteiger partial charge in [-0.15, -0.1) is 0 Å². The summed E-state index contributed by atoms with van der Waals surface area (Å²) < 4.78 is 14.0. The van der Waals surface area contributed by atoms with Gasteiger partial charge in [0, 0.05) is 17.3 Å². The third-order valence-corrected chi connectivity index (χ3v) is 4.70. The number of phenols is 1. The molecular weight excluding hydrogens is 408 g/mol. The number of para-hydroxylation sites is 1. The molecule has 0 unspecified atom stereocenters. The zero-order valence-corrected chi connectivity index (χ0v) is 17.7. The zero-order chi connectivity index (χ0) is 18.9. The molecule has 1 aliphatic rings. The average Bonchev–Trinajstić information content (AvgIpc) is 2.64. The molecular formula is C20H22Cl2FNOTi. The van der Waals surface area contributed by atoms with E-state index in [-0.39, 0.29) is 17.5 Å². The molecule has 0 atom stereocenters. The van der Waals surface area contributed by atoms with Crippen LogP contribution in [-0.4, -0.2) is 11.3 Å². The molecule has 138 valence electrons. The van der Waals surface area contributed by atoms with Gasteiger partial charge in [-0.25, -0.2) is 4.39 Å². The number of phenolic OH excluding ortho intramolecular Hbond substituents is 1. The Morgan fingerprint density at radius 3 is 2.35 bits per heavy atom. The summed E-state index contributed by atoms with van der Waals surface area (Å²) in [6.45, 7) is 2.25. The van der Waals surface area contributed by atoms with E-state index >= 15 is 0 Å². The number of aliphatic imine (C=N–C) groups is 1. The molecule has 0 bridgehead atoms. The van der Waals surface area contributed by atoms with Crippen LogP contribution in [0.4, 0.5) is 10.1 Å². The first-order chi connectivity index (χ1) is 12.5. The molecule has 1 saturated carbocycles. The maximum absolute atomic E-state index is 14.0. The molecule has 6 heteroatoms. The summed E-state index contributed by atoms with van der Waals surface area (Å²) in [6.07, 6.45) is 5.83. The third-order valence-electron chi connectivity index (χ3n) is 4.70. The van der Waals surface area contributed by atoms with E-state index in [1.165, 1.54) is 12.1 Å². The van der Waals surface area contributed by atoms with Crippen LogP contribution in [0.25, 0.3) is 0 Å². The van der Waals surface area contributed by atoms with E-state index < -0.39 is 17.0 Å². The van der Waals surface area contributed by atoms with E-state index in [9.17, 15) is 9.50 Å². The number of nitrogens with zero attached hydrogens (tertiary/aromatic N) is 1. The fraction of sp³-hybridized carbons (Fsp3) is 0.350. The van der Waals surface area contributed by atoms with Crippen molar-refractivity contribution in [1.82, 2.24) is 0 Å². The molecule has 0 aromatic heterocycles. The Morgan fingerprint density at radius 1 is 1.12 bits per heavy atom. The van der Waals surface area contributed by atoms with E-state index in [1.807, 2.05) is 30.3 Å². The molecule has 0 radical (unpaired) electrons. The number of aromatic hydroxyl groups is 1. The molecule has 3 rings (SSSR count). The maximum atomic E-state index is 14.0. The van der Waals surface area contributed by atoms with Crippen molar-refractivity contribution in [2.75, 3.05) is 0 Å². The third kappa shape index (κ3) is 6.38. The van der Waals surface area contributed by atoms with E-state index in [0.717, 1.165) is 42.9 Å². The predicted octanol–water partition coefficient (Wildman–Crippen LogP) is 6.95. The standard InChI is InChI=1S/C20H22FNO.2ClH.Ti/c1-14-7-9-15(10-8-14)19-12-17(21)11-16(20(19)23)13-22-18-5-3-2-4-6-18;;;/h2-6,11-15,23H,7-10H2,1H3;2*1H;/q;;;+2/p-2. The second kappa shape index (κ2) is 11.1. The summed E-state index contributed by atoms with van der Waals surface area (Å²) in [4.78, 5) is 4.33. The molecule has 26 heavy (non-hydrogen) atoms. The van der Waals surface area contributed by atoms with Gasteiger partial charge in [0.2, 0.25) is 0 Å². The van der Waals surface area contributed by atoms with Crippen LogP contribution in [0, 0.1) is 11.7 Å². The molecule has 0 saturated heterocycles. The topological polar surface area (TPSA) is 32.6 Å². The Balaban J connectivity index is 0.000000758. The van der Waals surface area contributed by atoms with Crippen molar-refractivity contribution in [1.29, 1.82) is 0 Å². The molecule has 1 N–H and O–H groups in total. The summed E-state index contributed by atoms with van der Waals surface area (Å²) in [5, 5.41) is 10.6. The van der Waals surface area contributed by atoms with E-state index in [0.29, 0.717) is 5.56 Å². The van der Waals surface area contributed by atoms with Crippen molar-refractivity contribution in [2.45, 2.75) is 38.5 Å². The summed E-state index contributed by atoms with van der Waals surface area (Å²) in [5.74, 6) is 0.823. The summed E-state index contributed by atoms with van der Waals surface area (Å²) in [5.41, 5.74) is 1.96. The number of hydrogen-bond acceptors (Lipinski definition) is 2. The predicted molar refractivity (Wildman–Crippen MR) is 104 cm³/mol. The molecule has 2 nitrogen and oxygen atoms in total. The SMILES string of the molecule is CC1CCC(c2cc(F)cc(C=Nc3ccccc3)c2O)CC1.[Cl][Ti][Cl]. The summed E-state index contributed by atoms with van der Waals surface area (Å²) >= 11 is -0.556. The Bertz CT molecular complexity index is 719. The van der Waals surface area contributed by atoms with Gasteiger partial charge in [0.25, 0.3) is 0 Å². The van der Waals surface area contributed by atoms with Crippen molar-refractivity contribution in [3.8, 4) is 5.75 Å². The normalized spacial score (nSPS) is 19.7. The Kier molecular flexibility index (Phi) is 9.14. The van der Waals surface area contributed by atoms with Crippen molar-refractivity contribution in [3.05, 3.63) is 59.4 Å². The summed E-state index contributed by atoms with van der Waals surface area (Å²) in [6, 6.07) is 12.3. The van der Waals surface area contributed by atoms with E-state index in [2.05, 4.69) is 11.9 Å². The van der Waals surface area contributed by atoms with Gasteiger partial charge in [-0.1, -0.05) is 38.0 Å². The van der Waals surface area contributed by atoms with Crippen molar-refractivity contribution < 1.29 is 26.5 Å². The Labute approximate surface area is 171 Å².